The van der Waals surface area contributed by atoms with Gasteiger partial charge in [-0.25, -0.2) is 0 Å². The Balaban J connectivity index is 0.00000289. The maximum atomic E-state index is 13.2. The highest BCUT2D eigenvalue weighted by Crippen LogP contribution is 2.61. The molecule has 1 N–H and O–H groups in total. The number of halogens is 2. The van der Waals surface area contributed by atoms with E-state index < -0.39 is 7.26 Å². The predicted octanol–water partition coefficient (Wildman–Crippen LogP) is 2.45. The Labute approximate surface area is 200 Å². The summed E-state index contributed by atoms with van der Waals surface area (Å²) in [5.41, 5.74) is 2.82. The van der Waals surface area contributed by atoms with Crippen LogP contribution in [0.25, 0.3) is 0 Å². The van der Waals surface area contributed by atoms with Gasteiger partial charge in [0.1, 0.15) is 15.9 Å². The molecule has 4 rings (SSSR count). The highest BCUT2D eigenvalue weighted by atomic mass is 35.5. The van der Waals surface area contributed by atoms with E-state index in [1.54, 1.807) is 12.1 Å². The number of rotatable bonds is 6. The lowest BCUT2D eigenvalue weighted by molar-refractivity contribution is -0.0000142. The number of carbonyl (C=O) groups is 1. The van der Waals surface area contributed by atoms with E-state index in [0.29, 0.717) is 11.0 Å². The van der Waals surface area contributed by atoms with Crippen molar-refractivity contribution in [2.75, 3.05) is 0 Å². The summed E-state index contributed by atoms with van der Waals surface area (Å²) in [5.74, 6) is -0.181. The summed E-state index contributed by atoms with van der Waals surface area (Å²) in [7, 11) is -2.44. The van der Waals surface area contributed by atoms with Gasteiger partial charge in [0.2, 0.25) is 0 Å². The number of hydrogen-bond donors (Lipinski definition) is 1. The van der Waals surface area contributed by atoms with Gasteiger partial charge in [0.15, 0.2) is 12.7 Å². The normalized spacial score (nSPS) is 11.3. The lowest BCUT2D eigenvalue weighted by atomic mass is 10.2. The van der Waals surface area contributed by atoms with E-state index in [1.807, 2.05) is 72.8 Å². The van der Waals surface area contributed by atoms with E-state index in [-0.39, 0.29) is 18.3 Å². The van der Waals surface area contributed by atoms with Gasteiger partial charge in [-0.2, -0.15) is 0 Å². The molecule has 0 unspecified atom stereocenters. The molecular weight excluding hydrogens is 456 g/mol. The molecule has 0 radical (unpaired) electrons. The Hall–Kier alpha value is -2.90. The molecule has 0 bridgehead atoms. The number of hydrogen-bond acceptors (Lipinski definition) is 1. The van der Waals surface area contributed by atoms with Crippen LogP contribution < -0.4 is 33.6 Å². The molecule has 0 aliphatic carbocycles. The zero-order valence-electron chi connectivity index (χ0n) is 17.2. The van der Waals surface area contributed by atoms with Gasteiger partial charge in [-0.05, 0) is 48.5 Å². The quantitative estimate of drug-likeness (QED) is 0.424. The van der Waals surface area contributed by atoms with E-state index in [2.05, 4.69) is 41.7 Å². The van der Waals surface area contributed by atoms with Crippen molar-refractivity contribution < 1.29 is 17.2 Å². The van der Waals surface area contributed by atoms with Gasteiger partial charge in [-0.3, -0.25) is 10.1 Å². The van der Waals surface area contributed by atoms with Crippen molar-refractivity contribution in [2.24, 2.45) is 0 Å². The maximum Gasteiger partial charge on any atom is 0.258 e. The molecule has 4 aromatic rings. The summed E-state index contributed by atoms with van der Waals surface area (Å²) < 4.78 is 0. The average molecular weight is 478 g/mol. The lowest BCUT2D eigenvalue weighted by Gasteiger charge is -2.29. The molecule has 0 saturated heterocycles. The average Bonchev–Trinajstić information content (AvgIpc) is 2.86. The lowest BCUT2D eigenvalue weighted by Crippen LogP contribution is -3.00. The van der Waals surface area contributed by atoms with E-state index in [9.17, 15) is 4.79 Å². The third kappa shape index (κ3) is 4.64. The van der Waals surface area contributed by atoms with Gasteiger partial charge < -0.3 is 12.4 Å². The molecular formula is C27H22Cl2NOP. The van der Waals surface area contributed by atoms with Crippen molar-refractivity contribution in [3.8, 4) is 0 Å². The minimum Gasteiger partial charge on any atom is -1.00 e. The molecule has 0 heterocycles. The summed E-state index contributed by atoms with van der Waals surface area (Å²) in [6, 6.07) is 40.1. The maximum absolute atomic E-state index is 13.2. The monoisotopic (exact) mass is 477 g/mol. The van der Waals surface area contributed by atoms with E-state index in [0.717, 1.165) is 15.9 Å². The first-order valence-electron chi connectivity index (χ1n) is 10.00. The molecule has 0 spiro atoms. The van der Waals surface area contributed by atoms with Crippen LogP contribution in [0.5, 0.6) is 0 Å². The Morgan fingerprint density at radius 1 is 0.625 bits per heavy atom. The Morgan fingerprint density at radius 3 is 1.31 bits per heavy atom. The van der Waals surface area contributed by atoms with Gasteiger partial charge >= 0.3 is 0 Å². The van der Waals surface area contributed by atoms with Crippen LogP contribution in [0.3, 0.4) is 0 Å². The molecule has 2 nitrogen and oxygen atoms in total. The van der Waals surface area contributed by atoms with Crippen molar-refractivity contribution >= 4 is 40.7 Å². The fourth-order valence-electron chi connectivity index (χ4n) is 3.78. The zero-order chi connectivity index (χ0) is 21.5. The van der Waals surface area contributed by atoms with Gasteiger partial charge in [0.05, 0.1) is 5.54 Å². The second-order valence-electron chi connectivity index (χ2n) is 6.99. The first-order chi connectivity index (χ1) is 15.3. The predicted molar refractivity (Wildman–Crippen MR) is 133 cm³/mol. The summed E-state index contributed by atoms with van der Waals surface area (Å²) in [6.45, 7) is 0. The zero-order valence-corrected chi connectivity index (χ0v) is 19.6. The first kappa shape index (κ1) is 23.8. The summed E-state index contributed by atoms with van der Waals surface area (Å²) >= 11 is 6.48. The highest BCUT2D eigenvalue weighted by Gasteiger charge is 2.50. The minimum atomic E-state index is -2.44. The number of carbonyl (C=O) groups excluding carboxylic acids is 1. The van der Waals surface area contributed by atoms with Crippen molar-refractivity contribution in [2.45, 2.75) is 0 Å². The van der Waals surface area contributed by atoms with Crippen LogP contribution in [-0.4, -0.2) is 5.91 Å². The Morgan fingerprint density at radius 2 is 0.969 bits per heavy atom. The van der Waals surface area contributed by atoms with E-state index in [4.69, 9.17) is 11.6 Å². The van der Waals surface area contributed by atoms with Crippen molar-refractivity contribution in [3.63, 3.8) is 0 Å². The van der Waals surface area contributed by atoms with Crippen molar-refractivity contribution in [1.29, 1.82) is 0 Å². The smallest absolute Gasteiger partial charge is 0.258 e. The second-order valence-corrected chi connectivity index (χ2v) is 10.6. The van der Waals surface area contributed by atoms with Crippen molar-refractivity contribution in [1.82, 2.24) is 5.32 Å². The molecule has 0 fully saturated rings. The second kappa shape index (κ2) is 11.1. The molecule has 0 atom stereocenters. The van der Waals surface area contributed by atoms with Gasteiger partial charge in [0.25, 0.3) is 5.91 Å². The van der Waals surface area contributed by atoms with E-state index >= 15 is 0 Å². The molecule has 0 aromatic heterocycles. The SMILES string of the molecule is O=C(N/C(=C\Cl)[P+](c1ccccc1)(c1ccccc1)c1ccccc1)c1ccccc1.[Cl-]. The van der Waals surface area contributed by atoms with Crippen LogP contribution in [0.4, 0.5) is 0 Å². The van der Waals surface area contributed by atoms with Crippen LogP contribution in [0, 0.1) is 0 Å². The fraction of sp³-hybridized carbons (Fsp3) is 0. The number of amides is 1. The molecule has 0 aliphatic rings. The Kier molecular flexibility index (Phi) is 8.25. The number of benzene rings is 4. The summed E-state index contributed by atoms with van der Waals surface area (Å²) in [4.78, 5) is 13.2. The third-order valence-electron chi connectivity index (χ3n) is 5.17. The molecule has 5 heteroatoms. The fourth-order valence-corrected chi connectivity index (χ4v) is 8.28. The first-order valence-corrected chi connectivity index (χ1v) is 12.2. The molecule has 4 aromatic carbocycles. The molecule has 0 saturated carbocycles. The standard InChI is InChI=1S/C27H21ClNOP.ClH/c28-21-26(29-27(30)22-13-5-1-6-14-22)31(23-15-7-2-8-16-23,24-17-9-3-10-18-24)25-19-11-4-12-20-25;/h1-21H;1H/b26-21+;. The van der Waals surface area contributed by atoms with Gasteiger partial charge in [0, 0.05) is 5.56 Å². The highest BCUT2D eigenvalue weighted by molar-refractivity contribution is 7.99. The van der Waals surface area contributed by atoms with Gasteiger partial charge in [-0.15, -0.1) is 0 Å². The topological polar surface area (TPSA) is 29.1 Å². The minimum absolute atomic E-state index is 0. The van der Waals surface area contributed by atoms with Crippen molar-refractivity contribution in [3.05, 3.63) is 138 Å². The summed E-state index contributed by atoms with van der Waals surface area (Å²) in [5, 5.41) is 6.51. The summed E-state index contributed by atoms with van der Waals surface area (Å²) in [6.07, 6.45) is 0. The largest absolute Gasteiger partial charge is 1.00 e. The molecule has 160 valence electrons. The Bertz CT molecular complexity index is 1070. The number of nitrogens with one attached hydrogen (secondary N) is 1. The van der Waals surface area contributed by atoms with E-state index in [1.165, 1.54) is 5.54 Å². The molecule has 1 amide bonds. The molecule has 0 aliphatic heterocycles. The molecule has 32 heavy (non-hydrogen) atoms. The van der Waals surface area contributed by atoms with Crippen LogP contribution in [0.1, 0.15) is 10.4 Å². The van der Waals surface area contributed by atoms with Crippen LogP contribution in [0.2, 0.25) is 0 Å². The third-order valence-corrected chi connectivity index (χ3v) is 9.72. The van der Waals surface area contributed by atoms with Crippen LogP contribution in [-0.2, 0) is 0 Å². The van der Waals surface area contributed by atoms with Crippen LogP contribution >= 0.6 is 18.9 Å². The van der Waals surface area contributed by atoms with Crippen LogP contribution in [0.15, 0.2) is 132 Å². The van der Waals surface area contributed by atoms with Gasteiger partial charge in [-0.1, -0.05) is 84.4 Å².